The zero-order valence-corrected chi connectivity index (χ0v) is 8.39. The summed E-state index contributed by atoms with van der Waals surface area (Å²) < 4.78 is 0. The van der Waals surface area contributed by atoms with Gasteiger partial charge >= 0.3 is 11.9 Å². The molecule has 0 bridgehead atoms. The van der Waals surface area contributed by atoms with Crippen LogP contribution in [0.3, 0.4) is 0 Å². The first-order valence-electron chi connectivity index (χ1n) is 4.22. The van der Waals surface area contributed by atoms with Gasteiger partial charge in [0, 0.05) is 0 Å². The second-order valence-corrected chi connectivity index (χ2v) is 3.25. The predicted molar refractivity (Wildman–Crippen MR) is 46.7 cm³/mol. The van der Waals surface area contributed by atoms with Gasteiger partial charge in [0.25, 0.3) is 0 Å². The van der Waals surface area contributed by atoms with Crippen LogP contribution in [-0.2, 0) is 19.4 Å². The smallest absolute Gasteiger partial charge is 0.382 e. The van der Waals surface area contributed by atoms with Crippen molar-refractivity contribution >= 4 is 11.9 Å². The summed E-state index contributed by atoms with van der Waals surface area (Å²) in [5.74, 6) is -1.99. The van der Waals surface area contributed by atoms with Crippen LogP contribution in [0, 0.1) is 5.92 Å². The third-order valence-electron chi connectivity index (χ3n) is 1.54. The maximum atomic E-state index is 11.0. The first kappa shape index (κ1) is 12.9. The largest absolute Gasteiger partial charge is 0.383 e. The molecule has 14 heavy (non-hydrogen) atoms. The lowest BCUT2D eigenvalue weighted by Crippen LogP contribution is -2.38. The molecule has 2 unspecified atom stereocenters. The van der Waals surface area contributed by atoms with Crippen molar-refractivity contribution in [2.45, 2.75) is 32.9 Å². The number of hydrogen-bond acceptors (Lipinski definition) is 6. The Labute approximate surface area is 81.9 Å². The standard InChI is InChI=1S/C8H15NO5/c1-4(2)6(9)8(12)14-13-7(11)5(3)10/h4-6,10H,9H2,1-3H3. The number of carbonyl (C=O) groups excluding carboxylic acids is 2. The SMILES string of the molecule is CC(O)C(=O)OOC(=O)C(N)C(C)C. The Morgan fingerprint density at radius 3 is 1.93 bits per heavy atom. The molecule has 0 rings (SSSR count). The zero-order valence-electron chi connectivity index (χ0n) is 8.39. The van der Waals surface area contributed by atoms with Crippen LogP contribution in [0.5, 0.6) is 0 Å². The van der Waals surface area contributed by atoms with Crippen molar-refractivity contribution in [3.05, 3.63) is 0 Å². The molecule has 0 fully saturated rings. The Balaban J connectivity index is 3.91. The maximum Gasteiger partial charge on any atom is 0.383 e. The van der Waals surface area contributed by atoms with Crippen LogP contribution >= 0.6 is 0 Å². The van der Waals surface area contributed by atoms with Gasteiger partial charge in [-0.15, -0.1) is 0 Å². The van der Waals surface area contributed by atoms with Gasteiger partial charge in [0.1, 0.15) is 6.04 Å². The molecule has 0 spiro atoms. The summed E-state index contributed by atoms with van der Waals surface area (Å²) in [6, 6.07) is -0.850. The molecule has 0 saturated carbocycles. The highest BCUT2D eigenvalue weighted by atomic mass is 17.2. The van der Waals surface area contributed by atoms with Gasteiger partial charge in [0.2, 0.25) is 0 Å². The fourth-order valence-corrected chi connectivity index (χ4v) is 0.479. The summed E-state index contributed by atoms with van der Waals surface area (Å²) in [5, 5.41) is 8.68. The van der Waals surface area contributed by atoms with E-state index in [2.05, 4.69) is 9.78 Å². The van der Waals surface area contributed by atoms with Crippen molar-refractivity contribution in [3.63, 3.8) is 0 Å². The predicted octanol–water partition coefficient (Wildman–Crippen LogP) is -0.648. The lowest BCUT2D eigenvalue weighted by Gasteiger charge is -2.12. The molecule has 0 amide bonds. The highest BCUT2D eigenvalue weighted by Gasteiger charge is 2.22. The molecule has 2 atom stereocenters. The number of aliphatic hydroxyl groups is 1. The number of rotatable bonds is 3. The van der Waals surface area contributed by atoms with Gasteiger partial charge in [0.05, 0.1) is 0 Å². The van der Waals surface area contributed by atoms with Crippen molar-refractivity contribution < 1.29 is 24.5 Å². The minimum atomic E-state index is -1.34. The summed E-state index contributed by atoms with van der Waals surface area (Å²) in [7, 11) is 0. The van der Waals surface area contributed by atoms with Gasteiger partial charge in [-0.25, -0.2) is 19.4 Å². The molecule has 0 aliphatic rings. The topological polar surface area (TPSA) is 98.9 Å². The second kappa shape index (κ2) is 5.56. The van der Waals surface area contributed by atoms with E-state index < -0.39 is 24.1 Å². The molecule has 82 valence electrons. The Bertz CT molecular complexity index is 214. The van der Waals surface area contributed by atoms with Crippen LogP contribution in [0.1, 0.15) is 20.8 Å². The minimum absolute atomic E-state index is 0.118. The van der Waals surface area contributed by atoms with Crippen LogP contribution < -0.4 is 5.73 Å². The summed E-state index contributed by atoms with van der Waals surface area (Å²) in [5.41, 5.74) is 5.39. The van der Waals surface area contributed by atoms with Crippen LogP contribution in [-0.4, -0.2) is 29.2 Å². The number of carbonyl (C=O) groups is 2. The molecule has 0 radical (unpaired) electrons. The maximum absolute atomic E-state index is 11.0. The highest BCUT2D eigenvalue weighted by molar-refractivity contribution is 5.78. The van der Waals surface area contributed by atoms with Gasteiger partial charge in [0.15, 0.2) is 6.10 Å². The fraction of sp³-hybridized carbons (Fsp3) is 0.750. The van der Waals surface area contributed by atoms with Gasteiger partial charge in [-0.2, -0.15) is 0 Å². The molecule has 0 aliphatic heterocycles. The lowest BCUT2D eigenvalue weighted by molar-refractivity contribution is -0.265. The van der Waals surface area contributed by atoms with Gasteiger partial charge < -0.3 is 10.8 Å². The van der Waals surface area contributed by atoms with E-state index in [1.807, 2.05) is 0 Å². The van der Waals surface area contributed by atoms with E-state index in [4.69, 9.17) is 10.8 Å². The first-order chi connectivity index (χ1) is 6.36. The zero-order chi connectivity index (χ0) is 11.3. The van der Waals surface area contributed by atoms with Crippen molar-refractivity contribution in [1.29, 1.82) is 0 Å². The molecule has 0 saturated heterocycles. The summed E-state index contributed by atoms with van der Waals surface area (Å²) >= 11 is 0. The first-order valence-corrected chi connectivity index (χ1v) is 4.22. The summed E-state index contributed by atoms with van der Waals surface area (Å²) in [6.45, 7) is 4.64. The highest BCUT2D eigenvalue weighted by Crippen LogP contribution is 2.01. The normalized spacial score (nSPS) is 14.7. The Kier molecular flexibility index (Phi) is 5.11. The van der Waals surface area contributed by atoms with Crippen molar-refractivity contribution in [3.8, 4) is 0 Å². The van der Waals surface area contributed by atoms with E-state index >= 15 is 0 Å². The van der Waals surface area contributed by atoms with Crippen molar-refractivity contribution in [2.75, 3.05) is 0 Å². The quantitative estimate of drug-likeness (QED) is 0.469. The van der Waals surface area contributed by atoms with Gasteiger partial charge in [-0.3, -0.25) is 0 Å². The van der Waals surface area contributed by atoms with Crippen molar-refractivity contribution in [1.82, 2.24) is 0 Å². The van der Waals surface area contributed by atoms with Crippen LogP contribution in [0.25, 0.3) is 0 Å². The summed E-state index contributed by atoms with van der Waals surface area (Å²) in [6.07, 6.45) is -1.34. The average molecular weight is 205 g/mol. The number of hydrogen-bond donors (Lipinski definition) is 2. The third-order valence-corrected chi connectivity index (χ3v) is 1.54. The van der Waals surface area contributed by atoms with E-state index in [1.165, 1.54) is 6.92 Å². The van der Waals surface area contributed by atoms with E-state index in [-0.39, 0.29) is 5.92 Å². The second-order valence-electron chi connectivity index (χ2n) is 3.25. The molecule has 0 aliphatic carbocycles. The van der Waals surface area contributed by atoms with Crippen LogP contribution in [0.2, 0.25) is 0 Å². The summed E-state index contributed by atoms with van der Waals surface area (Å²) in [4.78, 5) is 29.8. The van der Waals surface area contributed by atoms with Crippen LogP contribution in [0.4, 0.5) is 0 Å². The van der Waals surface area contributed by atoms with Gasteiger partial charge in [-0.1, -0.05) is 13.8 Å². The molecule has 6 nitrogen and oxygen atoms in total. The molecule has 3 N–H and O–H groups in total. The van der Waals surface area contributed by atoms with Crippen LogP contribution in [0.15, 0.2) is 0 Å². The Morgan fingerprint density at radius 1 is 1.14 bits per heavy atom. The average Bonchev–Trinajstić information content (AvgIpc) is 2.11. The van der Waals surface area contributed by atoms with E-state index in [0.29, 0.717) is 0 Å². The minimum Gasteiger partial charge on any atom is -0.382 e. The monoisotopic (exact) mass is 205 g/mol. The fourth-order valence-electron chi connectivity index (χ4n) is 0.479. The molecule has 0 aromatic rings. The molecule has 6 heteroatoms. The molecular weight excluding hydrogens is 190 g/mol. The third kappa shape index (κ3) is 4.20. The molecule has 0 aromatic carbocycles. The molecule has 0 aromatic heterocycles. The Morgan fingerprint density at radius 2 is 1.57 bits per heavy atom. The number of aliphatic hydroxyl groups excluding tert-OH is 1. The van der Waals surface area contributed by atoms with E-state index in [1.54, 1.807) is 13.8 Å². The molecule has 0 heterocycles. The lowest BCUT2D eigenvalue weighted by atomic mass is 10.1. The Hall–Kier alpha value is -1.14. The molecular formula is C8H15NO5. The van der Waals surface area contributed by atoms with E-state index in [0.717, 1.165) is 0 Å². The van der Waals surface area contributed by atoms with E-state index in [9.17, 15) is 9.59 Å². The van der Waals surface area contributed by atoms with Crippen molar-refractivity contribution in [2.24, 2.45) is 11.7 Å². The number of nitrogens with two attached hydrogens (primary N) is 1. The van der Waals surface area contributed by atoms with Gasteiger partial charge in [-0.05, 0) is 12.8 Å².